The van der Waals surface area contributed by atoms with E-state index in [1.807, 2.05) is 38.1 Å². The highest BCUT2D eigenvalue weighted by Gasteiger charge is 2.11. The number of aliphatic hydroxyl groups excluding tert-OH is 1. The number of ether oxygens (including phenoxy) is 1. The molecule has 2 aromatic rings. The van der Waals surface area contributed by atoms with Gasteiger partial charge in [-0.05, 0) is 37.5 Å². The maximum atomic E-state index is 10.3. The fourth-order valence-electron chi connectivity index (χ4n) is 2.14. The number of aromatic nitrogens is 2. The molecule has 1 atom stereocenters. The van der Waals surface area contributed by atoms with Crippen LogP contribution < -0.4 is 10.1 Å². The lowest BCUT2D eigenvalue weighted by Crippen LogP contribution is -2.12. The number of hydrogen-bond donors (Lipinski definition) is 2. The molecule has 126 valence electrons. The summed E-state index contributed by atoms with van der Waals surface area (Å²) >= 11 is 1.33. The van der Waals surface area contributed by atoms with E-state index in [9.17, 15) is 5.11 Å². The number of aliphatic hydroxyl groups is 1. The molecule has 1 aromatic heterocycles. The Balaban J connectivity index is 1.91. The lowest BCUT2D eigenvalue weighted by atomic mass is 10.1. The zero-order valence-corrected chi connectivity index (χ0v) is 14.9. The van der Waals surface area contributed by atoms with Crippen LogP contribution in [0, 0.1) is 5.92 Å². The third-order valence-electron chi connectivity index (χ3n) is 3.12. The molecule has 1 aromatic carbocycles. The number of anilines is 1. The van der Waals surface area contributed by atoms with Crippen molar-refractivity contribution < 1.29 is 9.84 Å². The summed E-state index contributed by atoms with van der Waals surface area (Å²) in [5, 5.41) is 14.2. The van der Waals surface area contributed by atoms with Gasteiger partial charge in [-0.15, -0.1) is 0 Å². The summed E-state index contributed by atoms with van der Waals surface area (Å²) in [5.74, 6) is 2.16. The highest BCUT2D eigenvalue weighted by molar-refractivity contribution is 7.09. The summed E-state index contributed by atoms with van der Waals surface area (Å²) in [6.45, 7) is 8.64. The van der Waals surface area contributed by atoms with Crippen LogP contribution in [0.15, 0.2) is 24.3 Å². The molecule has 0 aliphatic rings. The van der Waals surface area contributed by atoms with Gasteiger partial charge in [0.05, 0.1) is 12.2 Å². The number of nitrogens with zero attached hydrogens (tertiary/aromatic N) is 2. The first-order valence-corrected chi connectivity index (χ1v) is 8.72. The molecule has 0 aliphatic heterocycles. The molecule has 0 spiro atoms. The first-order valence-electron chi connectivity index (χ1n) is 7.95. The van der Waals surface area contributed by atoms with E-state index in [-0.39, 0.29) is 6.10 Å². The largest absolute Gasteiger partial charge is 0.491 e. The lowest BCUT2D eigenvalue weighted by Gasteiger charge is -2.14. The molecule has 0 saturated carbocycles. The summed E-state index contributed by atoms with van der Waals surface area (Å²) in [4.78, 5) is 4.43. The van der Waals surface area contributed by atoms with Gasteiger partial charge in [0.2, 0.25) is 5.13 Å². The molecule has 0 amide bonds. The third-order valence-corrected chi connectivity index (χ3v) is 3.83. The van der Waals surface area contributed by atoms with Gasteiger partial charge in [0.1, 0.15) is 11.6 Å². The van der Waals surface area contributed by atoms with Gasteiger partial charge in [-0.25, -0.2) is 4.98 Å². The van der Waals surface area contributed by atoms with E-state index in [4.69, 9.17) is 4.74 Å². The van der Waals surface area contributed by atoms with Crippen LogP contribution in [0.2, 0.25) is 0 Å². The maximum Gasteiger partial charge on any atom is 0.202 e. The van der Waals surface area contributed by atoms with Crippen LogP contribution in [0.4, 0.5) is 5.13 Å². The Kier molecular flexibility index (Phi) is 6.36. The van der Waals surface area contributed by atoms with Crippen LogP contribution in [-0.4, -0.2) is 27.1 Å². The van der Waals surface area contributed by atoms with Crippen molar-refractivity contribution in [2.45, 2.75) is 46.3 Å². The predicted octanol–water partition coefficient (Wildman–Crippen LogP) is 3.67. The minimum Gasteiger partial charge on any atom is -0.491 e. The van der Waals surface area contributed by atoms with E-state index in [0.717, 1.165) is 28.7 Å². The molecular formula is C17H25N3O2S. The summed E-state index contributed by atoms with van der Waals surface area (Å²) in [5.41, 5.74) is 0.822. The molecule has 0 radical (unpaired) electrons. The smallest absolute Gasteiger partial charge is 0.202 e. The standard InChI is InChI=1S/C17H25N3O2S/c1-11(2)8-16-19-17(23-20-16)18-10-15(21)13-6-5-7-14(9-13)22-12(3)4/h5-7,9,11-12,15,21H,8,10H2,1-4H3,(H,18,19,20). The topological polar surface area (TPSA) is 67.3 Å². The Bertz CT molecular complexity index is 613. The second-order valence-corrected chi connectivity index (χ2v) is 7.00. The Morgan fingerprint density at radius 2 is 2.04 bits per heavy atom. The Hall–Kier alpha value is -1.66. The number of benzene rings is 1. The van der Waals surface area contributed by atoms with Gasteiger partial charge in [0.15, 0.2) is 0 Å². The second kappa shape index (κ2) is 8.26. The van der Waals surface area contributed by atoms with Crippen LogP contribution in [0.1, 0.15) is 45.2 Å². The van der Waals surface area contributed by atoms with Crippen molar-refractivity contribution >= 4 is 16.7 Å². The van der Waals surface area contributed by atoms with Crippen molar-refractivity contribution in [1.82, 2.24) is 9.36 Å². The van der Waals surface area contributed by atoms with Crippen molar-refractivity contribution in [2.24, 2.45) is 5.92 Å². The highest BCUT2D eigenvalue weighted by atomic mass is 32.1. The van der Waals surface area contributed by atoms with Crippen molar-refractivity contribution in [3.05, 3.63) is 35.7 Å². The van der Waals surface area contributed by atoms with Crippen LogP contribution in [0.25, 0.3) is 0 Å². The minimum absolute atomic E-state index is 0.112. The molecule has 23 heavy (non-hydrogen) atoms. The van der Waals surface area contributed by atoms with Crippen molar-refractivity contribution in [2.75, 3.05) is 11.9 Å². The van der Waals surface area contributed by atoms with Gasteiger partial charge in [-0.1, -0.05) is 26.0 Å². The van der Waals surface area contributed by atoms with E-state index < -0.39 is 6.10 Å². The number of nitrogens with one attached hydrogen (secondary N) is 1. The molecule has 5 nitrogen and oxygen atoms in total. The van der Waals surface area contributed by atoms with E-state index in [1.165, 1.54) is 11.5 Å². The van der Waals surface area contributed by atoms with Crippen LogP contribution in [0.5, 0.6) is 5.75 Å². The molecule has 2 rings (SSSR count). The monoisotopic (exact) mass is 335 g/mol. The summed E-state index contributed by atoms with van der Waals surface area (Å²) in [7, 11) is 0. The van der Waals surface area contributed by atoms with Crippen LogP contribution in [0.3, 0.4) is 0 Å². The first kappa shape index (κ1) is 17.7. The first-order chi connectivity index (χ1) is 10.9. The third kappa shape index (κ3) is 5.80. The SMILES string of the molecule is CC(C)Cc1nsc(NCC(O)c2cccc(OC(C)C)c2)n1. The minimum atomic E-state index is -0.622. The van der Waals surface area contributed by atoms with E-state index in [0.29, 0.717) is 12.5 Å². The van der Waals surface area contributed by atoms with Crippen molar-refractivity contribution in [3.63, 3.8) is 0 Å². The zero-order chi connectivity index (χ0) is 16.8. The van der Waals surface area contributed by atoms with Gasteiger partial charge in [0.25, 0.3) is 0 Å². The highest BCUT2D eigenvalue weighted by Crippen LogP contribution is 2.21. The van der Waals surface area contributed by atoms with Crippen LogP contribution in [-0.2, 0) is 6.42 Å². The molecular weight excluding hydrogens is 310 g/mol. The molecule has 0 aliphatic carbocycles. The van der Waals surface area contributed by atoms with Crippen LogP contribution >= 0.6 is 11.5 Å². The summed E-state index contributed by atoms with van der Waals surface area (Å²) in [6, 6.07) is 7.55. The van der Waals surface area contributed by atoms with Gasteiger partial charge >= 0.3 is 0 Å². The molecule has 0 saturated heterocycles. The number of rotatable bonds is 8. The molecule has 0 fully saturated rings. The normalized spacial score (nSPS) is 12.7. The van der Waals surface area contributed by atoms with Crippen molar-refractivity contribution in [3.8, 4) is 5.75 Å². The lowest BCUT2D eigenvalue weighted by molar-refractivity contribution is 0.190. The maximum absolute atomic E-state index is 10.3. The van der Waals surface area contributed by atoms with Gasteiger partial charge in [-0.3, -0.25) is 0 Å². The van der Waals surface area contributed by atoms with Gasteiger partial charge in [-0.2, -0.15) is 4.37 Å². The Morgan fingerprint density at radius 1 is 1.26 bits per heavy atom. The fourth-order valence-corrected chi connectivity index (χ4v) is 2.74. The average Bonchev–Trinajstić information content (AvgIpc) is 2.91. The van der Waals surface area contributed by atoms with E-state index >= 15 is 0 Å². The van der Waals surface area contributed by atoms with E-state index in [2.05, 4.69) is 28.5 Å². The zero-order valence-electron chi connectivity index (χ0n) is 14.1. The molecule has 2 N–H and O–H groups in total. The van der Waals surface area contributed by atoms with Crippen molar-refractivity contribution in [1.29, 1.82) is 0 Å². The Morgan fingerprint density at radius 3 is 2.74 bits per heavy atom. The average molecular weight is 335 g/mol. The summed E-state index contributed by atoms with van der Waals surface area (Å²) in [6.07, 6.45) is 0.361. The van der Waals surface area contributed by atoms with Gasteiger partial charge in [0, 0.05) is 24.5 Å². The Labute approximate surface area is 141 Å². The molecule has 6 heteroatoms. The predicted molar refractivity (Wildman–Crippen MR) is 94.1 cm³/mol. The van der Waals surface area contributed by atoms with Gasteiger partial charge < -0.3 is 15.2 Å². The van der Waals surface area contributed by atoms with E-state index in [1.54, 1.807) is 0 Å². The second-order valence-electron chi connectivity index (χ2n) is 6.25. The fraction of sp³-hybridized carbons (Fsp3) is 0.529. The quantitative estimate of drug-likeness (QED) is 0.770. The summed E-state index contributed by atoms with van der Waals surface area (Å²) < 4.78 is 9.98. The molecule has 1 heterocycles. The molecule has 1 unspecified atom stereocenters. The number of hydrogen-bond acceptors (Lipinski definition) is 6. The molecule has 0 bridgehead atoms.